The molecular weight excluding hydrogens is 761 g/mol. The molecule has 0 saturated carbocycles. The maximum atomic E-state index is 5.51. The van der Waals surface area contributed by atoms with Gasteiger partial charge in [-0.15, -0.1) is 0 Å². The van der Waals surface area contributed by atoms with Crippen molar-refractivity contribution in [2.45, 2.75) is 278 Å². The number of unbranched alkanes of at least 4 members (excludes halogenated alkanes) is 29. The molecule has 0 N–H and O–H groups in total. The molecule has 0 aliphatic heterocycles. The Morgan fingerprint density at radius 2 is 0.603 bits per heavy atom. The van der Waals surface area contributed by atoms with Crippen molar-refractivity contribution in [1.82, 2.24) is 0 Å². The van der Waals surface area contributed by atoms with Crippen LogP contribution in [0, 0.1) is 0 Å². The quantitative estimate of drug-likeness (QED) is 0.0360. The van der Waals surface area contributed by atoms with Crippen molar-refractivity contribution in [1.29, 1.82) is 0 Å². The summed E-state index contributed by atoms with van der Waals surface area (Å²) >= 11 is 0. The van der Waals surface area contributed by atoms with E-state index in [2.05, 4.69) is 101 Å². The first-order valence-electron chi connectivity index (χ1n) is 27.8. The zero-order valence-corrected chi connectivity index (χ0v) is 42.4. The minimum Gasteiger partial charge on any atom is -0.251 e. The molecule has 0 heterocycles. The Morgan fingerprint density at radius 1 is 0.317 bits per heavy atom. The van der Waals surface area contributed by atoms with Gasteiger partial charge >= 0.3 is 0 Å². The molecule has 0 aliphatic carbocycles. The molecule has 0 aliphatic rings. The third-order valence-electron chi connectivity index (χ3n) is 13.0. The molecule has 0 fully saturated rings. The van der Waals surface area contributed by atoms with Crippen LogP contribution in [0.25, 0.3) is 0 Å². The average Bonchev–Trinajstić information content (AvgIpc) is 3.30. The number of aliphatic imine (C=N–C) groups is 2. The van der Waals surface area contributed by atoms with Crippen molar-refractivity contribution < 1.29 is 0 Å². The number of para-hydroxylation sites is 2. The molecule has 0 unspecified atom stereocenters. The van der Waals surface area contributed by atoms with Gasteiger partial charge in [-0.05, 0) is 113 Å². The van der Waals surface area contributed by atoms with E-state index in [1.165, 1.54) is 222 Å². The van der Waals surface area contributed by atoms with Crippen molar-refractivity contribution in [2.75, 3.05) is 0 Å². The number of aryl methyl sites for hydroxylation is 2. The summed E-state index contributed by atoms with van der Waals surface area (Å²) in [5.74, 6) is 0. The number of rotatable bonds is 44. The first kappa shape index (κ1) is 56.4. The zero-order chi connectivity index (χ0) is 44.9. The Kier molecular flexibility index (Phi) is 38.6. The average molecular weight is 864 g/mol. The molecule has 63 heavy (non-hydrogen) atoms. The van der Waals surface area contributed by atoms with Crippen LogP contribution in [-0.4, -0.2) is 11.4 Å². The van der Waals surface area contributed by atoms with Crippen molar-refractivity contribution in [3.8, 4) is 0 Å². The van der Waals surface area contributed by atoms with E-state index in [9.17, 15) is 0 Å². The molecular formula is C61H102N2. The van der Waals surface area contributed by atoms with Gasteiger partial charge in [-0.2, -0.15) is 0 Å². The van der Waals surface area contributed by atoms with E-state index in [1.54, 1.807) is 0 Å². The number of allylic oxidation sites excluding steroid dienone is 4. The van der Waals surface area contributed by atoms with Gasteiger partial charge in [-0.1, -0.05) is 249 Å². The van der Waals surface area contributed by atoms with Crippen LogP contribution in [0.2, 0.25) is 0 Å². The summed E-state index contributed by atoms with van der Waals surface area (Å²) in [7, 11) is 0. The second kappa shape index (κ2) is 43.2. The zero-order valence-electron chi connectivity index (χ0n) is 42.4. The maximum Gasteiger partial charge on any atom is 0.0665 e. The second-order valence-corrected chi connectivity index (χ2v) is 19.0. The van der Waals surface area contributed by atoms with E-state index in [0.717, 1.165) is 62.7 Å². The topological polar surface area (TPSA) is 24.7 Å². The molecule has 0 spiro atoms. The summed E-state index contributed by atoms with van der Waals surface area (Å²) in [5.41, 5.74) is 7.47. The standard InChI is InChI=1S/C61H102N2/c1-5-9-13-15-17-19-21-23-25-27-29-31-33-35-37-39-42-48-56-50-44-46-53-58(56)62-60(52-12-8-4)61(55-41-11-7-3)63-59-54-47-45-51-57(59)49-43-40-38-36-34-32-30-28-26-24-22-20-18-16-14-10-6-2/h35-38,44-47,50-51,53-54H,5-34,39-43,48-49,52,55H2,1-4H3. The van der Waals surface area contributed by atoms with Gasteiger partial charge in [0.15, 0.2) is 0 Å². The monoisotopic (exact) mass is 863 g/mol. The summed E-state index contributed by atoms with van der Waals surface area (Å²) in [6.07, 6.45) is 61.0. The number of nitrogens with zero attached hydrogens (tertiary/aromatic N) is 2. The van der Waals surface area contributed by atoms with Crippen LogP contribution in [0.15, 0.2) is 82.8 Å². The lowest BCUT2D eigenvalue weighted by Crippen LogP contribution is -2.15. The molecule has 0 atom stereocenters. The van der Waals surface area contributed by atoms with E-state index in [0.29, 0.717) is 0 Å². The van der Waals surface area contributed by atoms with Crippen molar-refractivity contribution in [2.24, 2.45) is 9.98 Å². The van der Waals surface area contributed by atoms with Gasteiger partial charge in [0.1, 0.15) is 0 Å². The van der Waals surface area contributed by atoms with Crippen molar-refractivity contribution in [3.63, 3.8) is 0 Å². The van der Waals surface area contributed by atoms with Crippen LogP contribution in [-0.2, 0) is 12.8 Å². The maximum absolute atomic E-state index is 5.51. The molecule has 2 nitrogen and oxygen atoms in total. The third-order valence-corrected chi connectivity index (χ3v) is 13.0. The van der Waals surface area contributed by atoms with E-state index in [-0.39, 0.29) is 0 Å². The molecule has 2 aromatic rings. The highest BCUT2D eigenvalue weighted by Crippen LogP contribution is 2.26. The molecule has 0 bridgehead atoms. The van der Waals surface area contributed by atoms with Gasteiger partial charge in [-0.3, -0.25) is 9.98 Å². The molecule has 0 amide bonds. The van der Waals surface area contributed by atoms with Gasteiger partial charge in [-0.25, -0.2) is 0 Å². The summed E-state index contributed by atoms with van der Waals surface area (Å²) in [6.45, 7) is 9.21. The highest BCUT2D eigenvalue weighted by molar-refractivity contribution is 6.43. The Labute approximate surface area is 393 Å². The predicted molar refractivity (Wildman–Crippen MR) is 286 cm³/mol. The largest absolute Gasteiger partial charge is 0.251 e. The van der Waals surface area contributed by atoms with Crippen LogP contribution in [0.3, 0.4) is 0 Å². The molecule has 2 heteroatoms. The third kappa shape index (κ3) is 31.7. The van der Waals surface area contributed by atoms with Gasteiger partial charge in [0.25, 0.3) is 0 Å². The summed E-state index contributed by atoms with van der Waals surface area (Å²) in [5, 5.41) is 0. The van der Waals surface area contributed by atoms with Gasteiger partial charge in [0, 0.05) is 0 Å². The SMILES string of the molecule is CCCCCCCCCCCCCCC=CCCCc1ccccc1N=C(CCCC)C(CCCCC)=Nc1ccccc1CCCC=CCCCCCCCCCCCCCC. The molecule has 0 aromatic heterocycles. The lowest BCUT2D eigenvalue weighted by atomic mass is 10.0. The van der Waals surface area contributed by atoms with E-state index >= 15 is 0 Å². The Bertz CT molecular complexity index is 1430. The second-order valence-electron chi connectivity index (χ2n) is 19.0. The number of hydrogen-bond donors (Lipinski definition) is 0. The molecule has 0 radical (unpaired) electrons. The number of benzene rings is 2. The first-order chi connectivity index (χ1) is 31.2. The van der Waals surface area contributed by atoms with Crippen LogP contribution >= 0.6 is 0 Å². The molecule has 356 valence electrons. The Hall–Kier alpha value is -2.74. The van der Waals surface area contributed by atoms with E-state index < -0.39 is 0 Å². The van der Waals surface area contributed by atoms with Crippen LogP contribution in [0.4, 0.5) is 11.4 Å². The normalized spacial score (nSPS) is 12.4. The summed E-state index contributed by atoms with van der Waals surface area (Å²) < 4.78 is 0. The fourth-order valence-corrected chi connectivity index (χ4v) is 8.87. The molecule has 0 saturated heterocycles. The minimum atomic E-state index is 0.990. The minimum absolute atomic E-state index is 0.990. The van der Waals surface area contributed by atoms with E-state index in [1.807, 2.05) is 0 Å². The van der Waals surface area contributed by atoms with Gasteiger partial charge < -0.3 is 0 Å². The van der Waals surface area contributed by atoms with E-state index in [4.69, 9.17) is 9.98 Å². The smallest absolute Gasteiger partial charge is 0.0665 e. The molecule has 2 aromatic carbocycles. The highest BCUT2D eigenvalue weighted by Gasteiger charge is 2.13. The highest BCUT2D eigenvalue weighted by atomic mass is 14.8. The fraction of sp³-hybridized carbons (Fsp3) is 0.705. The lowest BCUT2D eigenvalue weighted by Gasteiger charge is -2.14. The van der Waals surface area contributed by atoms with Gasteiger partial charge in [0.2, 0.25) is 0 Å². The Balaban J connectivity index is 1.88. The van der Waals surface area contributed by atoms with Crippen molar-refractivity contribution >= 4 is 22.8 Å². The first-order valence-corrected chi connectivity index (χ1v) is 27.8. The van der Waals surface area contributed by atoms with Crippen molar-refractivity contribution in [3.05, 3.63) is 84.0 Å². The summed E-state index contributed by atoms with van der Waals surface area (Å²) in [6, 6.07) is 17.9. The lowest BCUT2D eigenvalue weighted by molar-refractivity contribution is 0.545. The molecule has 2 rings (SSSR count). The van der Waals surface area contributed by atoms with Gasteiger partial charge in [0.05, 0.1) is 22.8 Å². The Morgan fingerprint density at radius 3 is 0.968 bits per heavy atom. The predicted octanol–water partition coefficient (Wildman–Crippen LogP) is 21.2. The summed E-state index contributed by atoms with van der Waals surface area (Å²) in [4.78, 5) is 11.0. The van der Waals surface area contributed by atoms with Crippen LogP contribution in [0.1, 0.15) is 276 Å². The van der Waals surface area contributed by atoms with Crippen LogP contribution in [0.5, 0.6) is 0 Å². The number of hydrogen-bond acceptors (Lipinski definition) is 2. The van der Waals surface area contributed by atoms with Crippen LogP contribution < -0.4 is 0 Å². The fourth-order valence-electron chi connectivity index (χ4n) is 8.87.